The predicted octanol–water partition coefficient (Wildman–Crippen LogP) is 2.81. The minimum absolute atomic E-state index is 0.0557. The molecule has 92 valence electrons. The molecule has 0 aromatic heterocycles. The predicted molar refractivity (Wildman–Crippen MR) is 66.7 cm³/mol. The Balaban J connectivity index is 2.35. The number of hydrogen-bond donors (Lipinski definition) is 1. The number of nitro groups is 1. The molecule has 0 saturated heterocycles. The van der Waals surface area contributed by atoms with Crippen molar-refractivity contribution >= 4 is 5.69 Å². The fourth-order valence-electron chi connectivity index (χ4n) is 2.41. The molecule has 0 spiro atoms. The van der Waals surface area contributed by atoms with Gasteiger partial charge in [0.15, 0.2) is 0 Å². The molecule has 0 radical (unpaired) electrons. The molecule has 0 aliphatic heterocycles. The van der Waals surface area contributed by atoms with Crippen molar-refractivity contribution in [3.8, 4) is 0 Å². The zero-order chi connectivity index (χ0) is 12.6. The molecule has 1 aliphatic rings. The van der Waals surface area contributed by atoms with Gasteiger partial charge in [0.25, 0.3) is 5.69 Å². The van der Waals surface area contributed by atoms with Crippen LogP contribution in [0.1, 0.15) is 37.4 Å². The second kappa shape index (κ2) is 4.45. The summed E-state index contributed by atoms with van der Waals surface area (Å²) in [6.45, 7) is 4.22. The summed E-state index contributed by atoms with van der Waals surface area (Å²) >= 11 is 0. The lowest BCUT2D eigenvalue weighted by Gasteiger charge is -2.15. The van der Waals surface area contributed by atoms with E-state index in [1.54, 1.807) is 12.1 Å². The highest BCUT2D eigenvalue weighted by atomic mass is 16.6. The maximum Gasteiger partial charge on any atom is 0.269 e. The summed E-state index contributed by atoms with van der Waals surface area (Å²) in [7, 11) is 0. The fraction of sp³-hybridized carbons (Fsp3) is 0.538. The standard InChI is InChI=1S/C13H18N2O2/c1-3-9-4-5-10(15(16)17)7-12(9)13(14)11-6-8(11)2/h4-5,7-8,11,13H,3,6,14H2,1-2H3. The number of nitro benzene ring substituents is 1. The van der Waals surface area contributed by atoms with Gasteiger partial charge in [0.05, 0.1) is 4.92 Å². The minimum Gasteiger partial charge on any atom is -0.324 e. The van der Waals surface area contributed by atoms with Crippen molar-refractivity contribution in [3.63, 3.8) is 0 Å². The average Bonchev–Trinajstić information content (AvgIpc) is 3.04. The van der Waals surface area contributed by atoms with Crippen LogP contribution in [0.2, 0.25) is 0 Å². The molecular formula is C13H18N2O2. The summed E-state index contributed by atoms with van der Waals surface area (Å²) in [6.07, 6.45) is 2.00. The van der Waals surface area contributed by atoms with Crippen molar-refractivity contribution in [2.45, 2.75) is 32.7 Å². The van der Waals surface area contributed by atoms with Crippen molar-refractivity contribution in [1.29, 1.82) is 0 Å². The number of hydrogen-bond acceptors (Lipinski definition) is 3. The lowest BCUT2D eigenvalue weighted by Crippen LogP contribution is -2.15. The quantitative estimate of drug-likeness (QED) is 0.643. The molecule has 2 N–H and O–H groups in total. The van der Waals surface area contributed by atoms with E-state index in [9.17, 15) is 10.1 Å². The molecule has 0 bridgehead atoms. The van der Waals surface area contributed by atoms with Crippen molar-refractivity contribution in [1.82, 2.24) is 0 Å². The van der Waals surface area contributed by atoms with Gasteiger partial charge in [-0.15, -0.1) is 0 Å². The number of nitrogens with two attached hydrogens (primary N) is 1. The summed E-state index contributed by atoms with van der Waals surface area (Å²) in [4.78, 5) is 10.4. The van der Waals surface area contributed by atoms with Gasteiger partial charge in [-0.3, -0.25) is 10.1 Å². The van der Waals surface area contributed by atoms with E-state index in [1.165, 1.54) is 0 Å². The molecule has 1 saturated carbocycles. The van der Waals surface area contributed by atoms with Gasteiger partial charge in [-0.1, -0.05) is 19.9 Å². The van der Waals surface area contributed by atoms with Crippen LogP contribution < -0.4 is 5.73 Å². The molecule has 17 heavy (non-hydrogen) atoms. The van der Waals surface area contributed by atoms with E-state index in [-0.39, 0.29) is 16.7 Å². The van der Waals surface area contributed by atoms with Crippen LogP contribution in [0, 0.1) is 22.0 Å². The van der Waals surface area contributed by atoms with Crippen molar-refractivity contribution in [3.05, 3.63) is 39.4 Å². The summed E-state index contributed by atoms with van der Waals surface area (Å²) in [5.74, 6) is 1.14. The summed E-state index contributed by atoms with van der Waals surface area (Å²) in [5, 5.41) is 10.8. The Bertz CT molecular complexity index is 445. The Morgan fingerprint density at radius 3 is 2.71 bits per heavy atom. The second-order valence-electron chi connectivity index (χ2n) is 4.90. The van der Waals surface area contributed by atoms with E-state index in [0.29, 0.717) is 11.8 Å². The Hall–Kier alpha value is -1.42. The van der Waals surface area contributed by atoms with Crippen LogP contribution in [-0.4, -0.2) is 4.92 Å². The van der Waals surface area contributed by atoms with Crippen LogP contribution in [0.25, 0.3) is 0 Å². The van der Waals surface area contributed by atoms with Crippen LogP contribution in [0.15, 0.2) is 18.2 Å². The number of rotatable bonds is 4. The highest BCUT2D eigenvalue weighted by molar-refractivity contribution is 5.42. The molecule has 4 heteroatoms. The van der Waals surface area contributed by atoms with Gasteiger partial charge < -0.3 is 5.73 Å². The Labute approximate surface area is 101 Å². The lowest BCUT2D eigenvalue weighted by atomic mass is 9.95. The van der Waals surface area contributed by atoms with Gasteiger partial charge in [0, 0.05) is 18.2 Å². The second-order valence-corrected chi connectivity index (χ2v) is 4.90. The molecular weight excluding hydrogens is 216 g/mol. The van der Waals surface area contributed by atoms with E-state index in [0.717, 1.165) is 24.0 Å². The Kier molecular flexibility index (Phi) is 3.15. The SMILES string of the molecule is CCc1ccc([N+](=O)[O-])cc1C(N)C1CC1C. The van der Waals surface area contributed by atoms with E-state index < -0.39 is 0 Å². The highest BCUT2D eigenvalue weighted by Gasteiger charge is 2.39. The van der Waals surface area contributed by atoms with Crippen LogP contribution in [0.5, 0.6) is 0 Å². The molecule has 2 rings (SSSR count). The monoisotopic (exact) mass is 234 g/mol. The van der Waals surface area contributed by atoms with Gasteiger partial charge in [-0.2, -0.15) is 0 Å². The molecule has 1 aromatic rings. The van der Waals surface area contributed by atoms with Crippen molar-refractivity contribution in [2.24, 2.45) is 17.6 Å². The van der Waals surface area contributed by atoms with E-state index in [1.807, 2.05) is 13.0 Å². The lowest BCUT2D eigenvalue weighted by molar-refractivity contribution is -0.384. The highest BCUT2D eigenvalue weighted by Crippen LogP contribution is 2.46. The van der Waals surface area contributed by atoms with Crippen LogP contribution in [0.3, 0.4) is 0 Å². The minimum atomic E-state index is -0.355. The van der Waals surface area contributed by atoms with Crippen molar-refractivity contribution in [2.75, 3.05) is 0 Å². The largest absolute Gasteiger partial charge is 0.324 e. The smallest absolute Gasteiger partial charge is 0.269 e. The van der Waals surface area contributed by atoms with Gasteiger partial charge in [-0.05, 0) is 35.8 Å². The average molecular weight is 234 g/mol. The number of benzene rings is 1. The molecule has 1 aliphatic carbocycles. The van der Waals surface area contributed by atoms with Crippen molar-refractivity contribution < 1.29 is 4.92 Å². The van der Waals surface area contributed by atoms with E-state index >= 15 is 0 Å². The van der Waals surface area contributed by atoms with E-state index in [2.05, 4.69) is 6.92 Å². The summed E-state index contributed by atoms with van der Waals surface area (Å²) in [5.41, 5.74) is 8.44. The first kappa shape index (κ1) is 12.0. The maximum atomic E-state index is 10.8. The number of aryl methyl sites for hydroxylation is 1. The first-order chi connectivity index (χ1) is 8.04. The topological polar surface area (TPSA) is 69.2 Å². The summed E-state index contributed by atoms with van der Waals surface area (Å²) in [6, 6.07) is 4.99. The van der Waals surface area contributed by atoms with Gasteiger partial charge in [0.2, 0.25) is 0 Å². The van der Waals surface area contributed by atoms with Gasteiger partial charge >= 0.3 is 0 Å². The molecule has 1 fully saturated rings. The number of non-ortho nitro benzene ring substituents is 1. The van der Waals surface area contributed by atoms with E-state index in [4.69, 9.17) is 5.73 Å². The fourth-order valence-corrected chi connectivity index (χ4v) is 2.41. The van der Waals surface area contributed by atoms with Crippen LogP contribution in [-0.2, 0) is 6.42 Å². The summed E-state index contributed by atoms with van der Waals surface area (Å²) < 4.78 is 0. The first-order valence-corrected chi connectivity index (χ1v) is 6.07. The molecule has 0 heterocycles. The molecule has 1 aromatic carbocycles. The third-order valence-electron chi connectivity index (χ3n) is 3.71. The maximum absolute atomic E-state index is 10.8. The zero-order valence-corrected chi connectivity index (χ0v) is 10.2. The molecule has 3 unspecified atom stereocenters. The van der Waals surface area contributed by atoms with Crippen LogP contribution in [0.4, 0.5) is 5.69 Å². The Morgan fingerprint density at radius 2 is 2.24 bits per heavy atom. The van der Waals surface area contributed by atoms with Gasteiger partial charge in [-0.25, -0.2) is 0 Å². The molecule has 4 nitrogen and oxygen atoms in total. The number of nitrogens with zero attached hydrogens (tertiary/aromatic N) is 1. The third-order valence-corrected chi connectivity index (χ3v) is 3.71. The zero-order valence-electron chi connectivity index (χ0n) is 10.2. The molecule has 0 amide bonds. The van der Waals surface area contributed by atoms with Crippen LogP contribution >= 0.6 is 0 Å². The normalized spacial score (nSPS) is 24.4. The first-order valence-electron chi connectivity index (χ1n) is 6.07. The third kappa shape index (κ3) is 2.31. The van der Waals surface area contributed by atoms with Gasteiger partial charge in [0.1, 0.15) is 0 Å². The Morgan fingerprint density at radius 1 is 1.59 bits per heavy atom. The molecule has 3 atom stereocenters.